The van der Waals surface area contributed by atoms with Crippen molar-refractivity contribution in [2.75, 3.05) is 26.5 Å². The number of hydrogen-bond donors (Lipinski definition) is 1. The Morgan fingerprint density at radius 2 is 1.96 bits per heavy atom. The highest BCUT2D eigenvalue weighted by atomic mass is 35.5. The summed E-state index contributed by atoms with van der Waals surface area (Å²) < 4.78 is 5.30. The van der Waals surface area contributed by atoms with E-state index in [1.54, 1.807) is 33.2 Å². The second-order valence-electron chi connectivity index (χ2n) is 5.72. The number of thiophene rings is 2. The quantitative estimate of drug-likeness (QED) is 0.435. The van der Waals surface area contributed by atoms with Gasteiger partial charge in [0.05, 0.1) is 21.9 Å². The molecule has 28 heavy (non-hydrogen) atoms. The normalized spacial score (nSPS) is 10.9. The molecule has 0 aromatic carbocycles. The molecular formula is C18H16ClN3O4S2. The second-order valence-corrected chi connectivity index (χ2v) is 8.48. The summed E-state index contributed by atoms with van der Waals surface area (Å²) in [6.45, 7) is 1.60. The Morgan fingerprint density at radius 3 is 2.46 bits per heavy atom. The van der Waals surface area contributed by atoms with Crippen LogP contribution in [0, 0.1) is 18.3 Å². The molecule has 0 unspecified atom stereocenters. The molecule has 2 aromatic rings. The third-order valence-corrected chi connectivity index (χ3v) is 5.98. The summed E-state index contributed by atoms with van der Waals surface area (Å²) in [5, 5.41) is 12.0. The first-order valence-electron chi connectivity index (χ1n) is 7.81. The Labute approximate surface area is 174 Å². The summed E-state index contributed by atoms with van der Waals surface area (Å²) >= 11 is 8.03. The molecule has 2 amide bonds. The van der Waals surface area contributed by atoms with Crippen molar-refractivity contribution in [3.63, 3.8) is 0 Å². The Morgan fingerprint density at radius 1 is 1.29 bits per heavy atom. The molecule has 0 aliphatic rings. The highest BCUT2D eigenvalue weighted by molar-refractivity contribution is 7.19. The summed E-state index contributed by atoms with van der Waals surface area (Å²) in [6.07, 6.45) is 1.40. The minimum absolute atomic E-state index is 0.0857. The summed E-state index contributed by atoms with van der Waals surface area (Å²) in [6, 6.07) is 5.17. The van der Waals surface area contributed by atoms with E-state index in [9.17, 15) is 19.6 Å². The van der Waals surface area contributed by atoms with Crippen molar-refractivity contribution in [3.8, 4) is 6.07 Å². The minimum atomic E-state index is -0.706. The molecule has 0 aliphatic carbocycles. The van der Waals surface area contributed by atoms with Gasteiger partial charge in [0.25, 0.3) is 11.8 Å². The lowest BCUT2D eigenvalue weighted by atomic mass is 10.1. The van der Waals surface area contributed by atoms with Crippen molar-refractivity contribution in [1.82, 2.24) is 4.90 Å². The number of ether oxygens (including phenoxy) is 1. The average Bonchev–Trinajstić information content (AvgIpc) is 3.21. The molecule has 0 saturated heterocycles. The fraction of sp³-hybridized carbons (Fsp3) is 0.222. The number of methoxy groups -OCH3 is 1. The first-order chi connectivity index (χ1) is 13.2. The molecule has 1 N–H and O–H groups in total. The second kappa shape index (κ2) is 9.01. The van der Waals surface area contributed by atoms with Gasteiger partial charge in [0.2, 0.25) is 0 Å². The highest BCUT2D eigenvalue weighted by Crippen LogP contribution is 2.34. The van der Waals surface area contributed by atoms with Crippen molar-refractivity contribution in [3.05, 3.63) is 42.9 Å². The fourth-order valence-corrected chi connectivity index (χ4v) is 4.44. The van der Waals surface area contributed by atoms with Crippen molar-refractivity contribution in [1.29, 1.82) is 5.26 Å². The third kappa shape index (κ3) is 4.59. The van der Waals surface area contributed by atoms with Crippen molar-refractivity contribution < 1.29 is 19.1 Å². The first kappa shape index (κ1) is 21.6. The number of esters is 1. The molecule has 2 heterocycles. The number of anilines is 1. The van der Waals surface area contributed by atoms with Gasteiger partial charge in [-0.05, 0) is 30.7 Å². The Balaban J connectivity index is 2.43. The monoisotopic (exact) mass is 437 g/mol. The number of amides is 2. The van der Waals surface area contributed by atoms with Gasteiger partial charge in [-0.3, -0.25) is 9.59 Å². The Bertz CT molecular complexity index is 1010. The molecule has 0 saturated carbocycles. The molecule has 0 radical (unpaired) electrons. The number of carbonyl (C=O) groups excluding carboxylic acids is 3. The van der Waals surface area contributed by atoms with Crippen LogP contribution >= 0.6 is 34.3 Å². The largest absolute Gasteiger partial charge is 0.465 e. The molecular weight excluding hydrogens is 422 g/mol. The highest BCUT2D eigenvalue weighted by Gasteiger charge is 2.27. The van der Waals surface area contributed by atoms with E-state index in [0.717, 1.165) is 11.3 Å². The smallest absolute Gasteiger partial charge is 0.341 e. The van der Waals surface area contributed by atoms with E-state index in [1.807, 2.05) is 6.07 Å². The van der Waals surface area contributed by atoms with E-state index >= 15 is 0 Å². The van der Waals surface area contributed by atoms with Crippen LogP contribution in [0.25, 0.3) is 6.08 Å². The molecule has 0 atom stereocenters. The SMILES string of the molecule is COC(=O)c1c(NC(=O)/C(C#N)=C/c2ccc(Cl)s2)sc(C(=O)N(C)C)c1C. The average molecular weight is 438 g/mol. The van der Waals surface area contributed by atoms with Crippen LogP contribution < -0.4 is 5.32 Å². The van der Waals surface area contributed by atoms with Gasteiger partial charge in [0, 0.05) is 19.0 Å². The van der Waals surface area contributed by atoms with Crippen LogP contribution in [0.3, 0.4) is 0 Å². The number of hydrogen-bond acceptors (Lipinski definition) is 7. The maximum Gasteiger partial charge on any atom is 0.341 e. The minimum Gasteiger partial charge on any atom is -0.465 e. The van der Waals surface area contributed by atoms with Gasteiger partial charge in [-0.1, -0.05) is 11.6 Å². The van der Waals surface area contributed by atoms with E-state index in [2.05, 4.69) is 5.32 Å². The van der Waals surface area contributed by atoms with Gasteiger partial charge >= 0.3 is 5.97 Å². The predicted octanol–water partition coefficient (Wildman–Crippen LogP) is 3.81. The van der Waals surface area contributed by atoms with Gasteiger partial charge < -0.3 is 15.0 Å². The summed E-state index contributed by atoms with van der Waals surface area (Å²) in [4.78, 5) is 39.4. The Kier molecular flexibility index (Phi) is 6.96. The van der Waals surface area contributed by atoms with Crippen LogP contribution in [-0.4, -0.2) is 43.9 Å². The molecule has 0 aliphatic heterocycles. The van der Waals surface area contributed by atoms with Crippen molar-refractivity contribution >= 4 is 63.1 Å². The number of halogens is 1. The first-order valence-corrected chi connectivity index (χ1v) is 9.82. The van der Waals surface area contributed by atoms with E-state index in [4.69, 9.17) is 16.3 Å². The van der Waals surface area contributed by atoms with Gasteiger partial charge in [0.15, 0.2) is 0 Å². The van der Waals surface area contributed by atoms with Gasteiger partial charge in [-0.2, -0.15) is 5.26 Å². The number of rotatable bonds is 5. The molecule has 0 spiro atoms. The number of nitrogens with zero attached hydrogens (tertiary/aromatic N) is 2. The van der Waals surface area contributed by atoms with E-state index in [1.165, 1.54) is 29.4 Å². The fourth-order valence-electron chi connectivity index (χ4n) is 2.22. The molecule has 10 heteroatoms. The molecule has 0 bridgehead atoms. The molecule has 0 fully saturated rings. The van der Waals surface area contributed by atoms with Crippen molar-refractivity contribution in [2.24, 2.45) is 0 Å². The van der Waals surface area contributed by atoms with E-state index < -0.39 is 11.9 Å². The van der Waals surface area contributed by atoms with Crippen LogP contribution in [0.1, 0.15) is 30.5 Å². The van der Waals surface area contributed by atoms with E-state index in [-0.39, 0.29) is 22.0 Å². The maximum absolute atomic E-state index is 12.6. The topological polar surface area (TPSA) is 99.5 Å². The van der Waals surface area contributed by atoms with Crippen molar-refractivity contribution in [2.45, 2.75) is 6.92 Å². The molecule has 7 nitrogen and oxygen atoms in total. The van der Waals surface area contributed by atoms with Gasteiger partial charge in [0.1, 0.15) is 16.6 Å². The molecule has 146 valence electrons. The Hall–Kier alpha value is -2.67. The zero-order valence-electron chi connectivity index (χ0n) is 15.5. The summed E-state index contributed by atoms with van der Waals surface area (Å²) in [7, 11) is 4.38. The lowest BCUT2D eigenvalue weighted by molar-refractivity contribution is -0.112. The number of nitrogens with one attached hydrogen (secondary N) is 1. The van der Waals surface area contributed by atoms with Crippen LogP contribution in [-0.2, 0) is 9.53 Å². The number of nitriles is 1. The summed E-state index contributed by atoms with van der Waals surface area (Å²) in [5.41, 5.74) is 0.321. The molecule has 2 rings (SSSR count). The standard InChI is InChI=1S/C18H16ClN3O4S2/c1-9-13(18(25)26-4)16(28-14(9)17(24)22(2)3)21-15(23)10(8-20)7-11-5-6-12(19)27-11/h5-7H,1-4H3,(H,21,23)/b10-7+. The van der Waals surface area contributed by atoms with Crippen LogP contribution in [0.15, 0.2) is 17.7 Å². The zero-order chi connectivity index (χ0) is 21.0. The van der Waals surface area contributed by atoms with E-state index in [0.29, 0.717) is 19.7 Å². The number of carbonyl (C=O) groups is 3. The lowest BCUT2D eigenvalue weighted by Gasteiger charge is -2.08. The predicted molar refractivity (Wildman–Crippen MR) is 110 cm³/mol. The van der Waals surface area contributed by atoms with Gasteiger partial charge in [-0.15, -0.1) is 22.7 Å². The molecule has 2 aromatic heterocycles. The van der Waals surface area contributed by atoms with Crippen LogP contribution in [0.2, 0.25) is 4.34 Å². The summed E-state index contributed by atoms with van der Waals surface area (Å²) in [5.74, 6) is -1.70. The van der Waals surface area contributed by atoms with Crippen LogP contribution in [0.4, 0.5) is 5.00 Å². The van der Waals surface area contributed by atoms with Crippen LogP contribution in [0.5, 0.6) is 0 Å². The lowest BCUT2D eigenvalue weighted by Crippen LogP contribution is -2.21. The zero-order valence-corrected chi connectivity index (χ0v) is 17.8. The third-order valence-electron chi connectivity index (χ3n) is 3.61. The van der Waals surface area contributed by atoms with Gasteiger partial charge in [-0.25, -0.2) is 4.79 Å². The maximum atomic E-state index is 12.6.